The third-order valence-corrected chi connectivity index (χ3v) is 4.03. The molecule has 6 heteroatoms. The molecule has 1 aliphatic heterocycles. The van der Waals surface area contributed by atoms with Crippen LogP contribution in [0.5, 0.6) is 0 Å². The summed E-state index contributed by atoms with van der Waals surface area (Å²) >= 11 is 0. The average Bonchev–Trinajstić information content (AvgIpc) is 3.23. The van der Waals surface area contributed by atoms with Gasteiger partial charge in [0, 0.05) is 24.9 Å². The largest absolute Gasteiger partial charge is 0.453 e. The average molecular weight is 297 g/mol. The van der Waals surface area contributed by atoms with Crippen molar-refractivity contribution in [3.63, 3.8) is 0 Å². The summed E-state index contributed by atoms with van der Waals surface area (Å²) in [7, 11) is 0. The zero-order valence-corrected chi connectivity index (χ0v) is 12.2. The second-order valence-corrected chi connectivity index (χ2v) is 5.44. The molecule has 3 heterocycles. The molecule has 22 heavy (non-hydrogen) atoms. The zero-order chi connectivity index (χ0) is 15.1. The predicted molar refractivity (Wildman–Crippen MR) is 79.1 cm³/mol. The number of carbonyl (C=O) groups is 1. The Morgan fingerprint density at radius 1 is 1.36 bits per heavy atom. The lowest BCUT2D eigenvalue weighted by molar-refractivity contribution is -0.127. The Bertz CT molecular complexity index is 803. The van der Waals surface area contributed by atoms with E-state index in [0.29, 0.717) is 37.0 Å². The lowest BCUT2D eigenvalue weighted by Gasteiger charge is -2.11. The summed E-state index contributed by atoms with van der Waals surface area (Å²) in [5.41, 5.74) is 0.789. The van der Waals surface area contributed by atoms with E-state index in [9.17, 15) is 4.79 Å². The number of carbonyl (C=O) groups excluding carboxylic acids is 1. The first kappa shape index (κ1) is 13.1. The minimum atomic E-state index is -0.0296. The van der Waals surface area contributed by atoms with Gasteiger partial charge in [0.25, 0.3) is 0 Å². The molecule has 112 valence electrons. The van der Waals surface area contributed by atoms with Gasteiger partial charge in [0.05, 0.1) is 5.92 Å². The first-order chi connectivity index (χ1) is 10.7. The fraction of sp³-hybridized carbons (Fsp3) is 0.312. The maximum atomic E-state index is 11.8. The molecular formula is C16H15N3O3. The summed E-state index contributed by atoms with van der Waals surface area (Å²) in [6.45, 7) is 3.31. The number of aromatic nitrogens is 2. The van der Waals surface area contributed by atoms with Crippen LogP contribution in [0.3, 0.4) is 0 Å². The van der Waals surface area contributed by atoms with E-state index in [1.54, 1.807) is 4.90 Å². The summed E-state index contributed by atoms with van der Waals surface area (Å²) in [4.78, 5) is 18.0. The van der Waals surface area contributed by atoms with E-state index < -0.39 is 0 Å². The molecule has 0 unspecified atom stereocenters. The van der Waals surface area contributed by atoms with Crippen LogP contribution in [0.4, 0.5) is 0 Å². The van der Waals surface area contributed by atoms with E-state index in [4.69, 9.17) is 8.94 Å². The lowest BCUT2D eigenvalue weighted by atomic mass is 10.1. The third-order valence-electron chi connectivity index (χ3n) is 4.03. The summed E-state index contributed by atoms with van der Waals surface area (Å²) in [6.07, 6.45) is 0.426. The molecule has 2 aromatic heterocycles. The van der Waals surface area contributed by atoms with Crippen molar-refractivity contribution in [1.82, 2.24) is 15.0 Å². The van der Waals surface area contributed by atoms with Gasteiger partial charge in [-0.2, -0.15) is 4.98 Å². The van der Waals surface area contributed by atoms with Crippen molar-refractivity contribution >= 4 is 16.9 Å². The number of likely N-dealkylation sites (N-methyl/N-ethyl adjacent to an activating group) is 1. The summed E-state index contributed by atoms with van der Waals surface area (Å²) in [6, 6.07) is 9.63. The Morgan fingerprint density at radius 3 is 3.00 bits per heavy atom. The van der Waals surface area contributed by atoms with Crippen LogP contribution < -0.4 is 0 Å². The number of fused-ring (bicyclic) bond motifs is 1. The molecule has 1 amide bonds. The van der Waals surface area contributed by atoms with Gasteiger partial charge >= 0.3 is 0 Å². The van der Waals surface area contributed by atoms with Crippen LogP contribution in [-0.2, 0) is 4.79 Å². The maximum Gasteiger partial charge on any atom is 0.238 e. The number of nitrogens with zero attached hydrogens (tertiary/aromatic N) is 3. The Kier molecular flexibility index (Phi) is 2.96. The Labute approximate surface area is 126 Å². The third kappa shape index (κ3) is 2.07. The van der Waals surface area contributed by atoms with Crippen LogP contribution in [0.2, 0.25) is 0 Å². The smallest absolute Gasteiger partial charge is 0.238 e. The number of hydrogen-bond acceptors (Lipinski definition) is 5. The van der Waals surface area contributed by atoms with Crippen LogP contribution in [0.15, 0.2) is 39.3 Å². The molecule has 0 aliphatic carbocycles. The highest BCUT2D eigenvalue weighted by Crippen LogP contribution is 2.30. The van der Waals surface area contributed by atoms with Crippen molar-refractivity contribution in [3.05, 3.63) is 36.2 Å². The Hall–Kier alpha value is -2.63. The fourth-order valence-electron chi connectivity index (χ4n) is 2.84. The van der Waals surface area contributed by atoms with Crippen molar-refractivity contribution < 1.29 is 13.7 Å². The van der Waals surface area contributed by atoms with Crippen molar-refractivity contribution in [3.8, 4) is 11.6 Å². The molecule has 1 atom stereocenters. The van der Waals surface area contributed by atoms with Crippen LogP contribution in [0, 0.1) is 0 Å². The highest BCUT2D eigenvalue weighted by Gasteiger charge is 2.33. The summed E-state index contributed by atoms with van der Waals surface area (Å²) < 4.78 is 11.1. The second-order valence-electron chi connectivity index (χ2n) is 5.44. The van der Waals surface area contributed by atoms with Gasteiger partial charge in [-0.25, -0.2) is 0 Å². The van der Waals surface area contributed by atoms with Gasteiger partial charge in [0.2, 0.25) is 17.6 Å². The fourth-order valence-corrected chi connectivity index (χ4v) is 2.84. The van der Waals surface area contributed by atoms with Gasteiger partial charge in [-0.1, -0.05) is 23.4 Å². The standard InChI is InChI=1S/C16H15N3O3/c1-2-19-9-11(8-14(19)20)16-17-15(18-22-16)13-7-10-5-3-4-6-12(10)21-13/h3-7,11H,2,8-9H2,1H3/t11-/m1/s1. The number of hydrogen-bond donors (Lipinski definition) is 0. The van der Waals surface area contributed by atoms with Gasteiger partial charge in [-0.15, -0.1) is 0 Å². The monoisotopic (exact) mass is 297 g/mol. The van der Waals surface area contributed by atoms with E-state index in [0.717, 1.165) is 11.0 Å². The molecule has 0 N–H and O–H groups in total. The maximum absolute atomic E-state index is 11.8. The Morgan fingerprint density at radius 2 is 2.23 bits per heavy atom. The van der Waals surface area contributed by atoms with Gasteiger partial charge in [-0.3, -0.25) is 4.79 Å². The highest BCUT2D eigenvalue weighted by atomic mass is 16.5. The quantitative estimate of drug-likeness (QED) is 0.743. The van der Waals surface area contributed by atoms with Crippen molar-refractivity contribution in [2.24, 2.45) is 0 Å². The number of para-hydroxylation sites is 1. The van der Waals surface area contributed by atoms with Gasteiger partial charge in [0.1, 0.15) is 5.58 Å². The SMILES string of the molecule is CCN1C[C@H](c2nc(-c3cc4ccccc4o3)no2)CC1=O. The van der Waals surface area contributed by atoms with E-state index in [2.05, 4.69) is 10.1 Å². The molecule has 1 fully saturated rings. The number of likely N-dealkylation sites (tertiary alicyclic amines) is 1. The van der Waals surface area contributed by atoms with Crippen molar-refractivity contribution in [2.75, 3.05) is 13.1 Å². The predicted octanol–water partition coefficient (Wildman–Crippen LogP) is 2.82. The van der Waals surface area contributed by atoms with Crippen molar-refractivity contribution in [1.29, 1.82) is 0 Å². The molecule has 0 saturated carbocycles. The molecule has 0 radical (unpaired) electrons. The van der Waals surface area contributed by atoms with Gasteiger partial charge in [-0.05, 0) is 19.1 Å². The normalized spacial score (nSPS) is 18.5. The molecule has 0 spiro atoms. The van der Waals surface area contributed by atoms with E-state index >= 15 is 0 Å². The van der Waals surface area contributed by atoms with Gasteiger partial charge in [0.15, 0.2) is 5.76 Å². The minimum absolute atomic E-state index is 0.0296. The van der Waals surface area contributed by atoms with Crippen LogP contribution >= 0.6 is 0 Å². The molecule has 1 aromatic carbocycles. The van der Waals surface area contributed by atoms with Crippen molar-refractivity contribution in [2.45, 2.75) is 19.3 Å². The second kappa shape index (κ2) is 4.98. The zero-order valence-electron chi connectivity index (χ0n) is 12.2. The van der Waals surface area contributed by atoms with E-state index in [1.807, 2.05) is 37.3 Å². The van der Waals surface area contributed by atoms with Gasteiger partial charge < -0.3 is 13.8 Å². The Balaban J connectivity index is 1.63. The topological polar surface area (TPSA) is 72.4 Å². The van der Waals surface area contributed by atoms with E-state index in [1.165, 1.54) is 0 Å². The molecule has 6 nitrogen and oxygen atoms in total. The number of benzene rings is 1. The lowest BCUT2D eigenvalue weighted by Crippen LogP contribution is -2.24. The van der Waals surface area contributed by atoms with Crippen LogP contribution in [0.1, 0.15) is 25.2 Å². The molecule has 1 aliphatic rings. The van der Waals surface area contributed by atoms with Crippen LogP contribution in [0.25, 0.3) is 22.6 Å². The number of furan rings is 1. The molecular weight excluding hydrogens is 282 g/mol. The minimum Gasteiger partial charge on any atom is -0.453 e. The molecule has 1 saturated heterocycles. The molecule has 0 bridgehead atoms. The first-order valence-electron chi connectivity index (χ1n) is 7.35. The van der Waals surface area contributed by atoms with E-state index in [-0.39, 0.29) is 11.8 Å². The summed E-state index contributed by atoms with van der Waals surface area (Å²) in [5, 5.41) is 4.99. The number of rotatable bonds is 3. The highest BCUT2D eigenvalue weighted by molar-refractivity contribution is 5.81. The first-order valence-corrected chi connectivity index (χ1v) is 7.35. The van der Waals surface area contributed by atoms with Crippen LogP contribution in [-0.4, -0.2) is 34.0 Å². The molecule has 3 aromatic rings. The summed E-state index contributed by atoms with van der Waals surface area (Å²) in [5.74, 6) is 1.61. The number of amides is 1. The molecule has 4 rings (SSSR count).